The van der Waals surface area contributed by atoms with Gasteiger partial charge in [-0.2, -0.15) is 5.26 Å². The van der Waals surface area contributed by atoms with Crippen molar-refractivity contribution in [1.29, 1.82) is 5.26 Å². The number of sulfone groups is 1. The van der Waals surface area contributed by atoms with E-state index in [1.54, 1.807) is 39.0 Å². The van der Waals surface area contributed by atoms with Gasteiger partial charge < -0.3 is 4.74 Å². The molecule has 0 aliphatic heterocycles. The van der Waals surface area contributed by atoms with E-state index < -0.39 is 14.6 Å². The first-order valence-corrected chi connectivity index (χ1v) is 7.76. The monoisotopic (exact) mass is 301 g/mol. The first-order chi connectivity index (χ1) is 8.69. The number of nitrogens with zero attached hydrogens (tertiary/aromatic N) is 1. The maximum atomic E-state index is 11.9. The van der Waals surface area contributed by atoms with Gasteiger partial charge in [0.2, 0.25) is 0 Å². The Kier molecular flexibility index (Phi) is 4.83. The molecule has 0 fully saturated rings. The molecular weight excluding hydrogens is 286 g/mol. The zero-order valence-corrected chi connectivity index (χ0v) is 12.7. The van der Waals surface area contributed by atoms with Crippen LogP contribution in [0.4, 0.5) is 0 Å². The van der Waals surface area contributed by atoms with Crippen molar-refractivity contribution < 1.29 is 13.2 Å². The van der Waals surface area contributed by atoms with Crippen molar-refractivity contribution >= 4 is 21.4 Å². The molecule has 0 spiro atoms. The molecule has 104 valence electrons. The van der Waals surface area contributed by atoms with E-state index in [9.17, 15) is 8.42 Å². The number of hydrogen-bond acceptors (Lipinski definition) is 4. The van der Waals surface area contributed by atoms with E-state index >= 15 is 0 Å². The molecule has 1 aromatic rings. The standard InChI is InChI=1S/C13H16ClNO3S/c1-13(2,3)19(16,17)8-7-18-12-6-4-5-11(14)10(12)9-15/h4-6H,7-8H2,1-3H3. The molecule has 0 saturated carbocycles. The van der Waals surface area contributed by atoms with E-state index in [1.165, 1.54) is 0 Å². The van der Waals surface area contributed by atoms with Gasteiger partial charge in [0, 0.05) is 0 Å². The molecule has 1 rings (SSSR count). The highest BCUT2D eigenvalue weighted by atomic mass is 35.5. The van der Waals surface area contributed by atoms with Crippen molar-refractivity contribution in [2.24, 2.45) is 0 Å². The molecule has 0 N–H and O–H groups in total. The molecule has 4 nitrogen and oxygen atoms in total. The van der Waals surface area contributed by atoms with Crippen LogP contribution in [0.15, 0.2) is 18.2 Å². The summed E-state index contributed by atoms with van der Waals surface area (Å²) in [6.45, 7) is 4.92. The first-order valence-electron chi connectivity index (χ1n) is 5.73. The zero-order valence-electron chi connectivity index (χ0n) is 11.1. The third-order valence-corrected chi connectivity index (χ3v) is 5.51. The Bertz CT molecular complexity index is 597. The van der Waals surface area contributed by atoms with Gasteiger partial charge in [0.25, 0.3) is 0 Å². The minimum atomic E-state index is -3.24. The van der Waals surface area contributed by atoms with E-state index in [2.05, 4.69) is 0 Å². The molecule has 0 aliphatic carbocycles. The fraction of sp³-hybridized carbons (Fsp3) is 0.462. The Hall–Kier alpha value is -1.25. The Labute approximate surface area is 118 Å². The number of benzene rings is 1. The molecule has 0 radical (unpaired) electrons. The first kappa shape index (κ1) is 15.8. The molecule has 0 heterocycles. The highest BCUT2D eigenvalue weighted by Crippen LogP contribution is 2.25. The van der Waals surface area contributed by atoms with Gasteiger partial charge in [0.05, 0.1) is 15.5 Å². The third kappa shape index (κ3) is 3.85. The second kappa shape index (κ2) is 5.81. The van der Waals surface area contributed by atoms with Crippen LogP contribution in [0.5, 0.6) is 5.75 Å². The van der Waals surface area contributed by atoms with Crippen LogP contribution in [-0.4, -0.2) is 25.5 Å². The van der Waals surface area contributed by atoms with Gasteiger partial charge in [0.15, 0.2) is 9.84 Å². The molecule has 0 bridgehead atoms. The Morgan fingerprint density at radius 3 is 2.53 bits per heavy atom. The number of hydrogen-bond donors (Lipinski definition) is 0. The Morgan fingerprint density at radius 2 is 2.00 bits per heavy atom. The van der Waals surface area contributed by atoms with Crippen molar-refractivity contribution in [1.82, 2.24) is 0 Å². The quantitative estimate of drug-likeness (QED) is 0.857. The predicted molar refractivity (Wildman–Crippen MR) is 75.2 cm³/mol. The second-order valence-electron chi connectivity index (χ2n) is 5.00. The SMILES string of the molecule is CC(C)(C)S(=O)(=O)CCOc1cccc(Cl)c1C#N. The summed E-state index contributed by atoms with van der Waals surface area (Å²) in [5.41, 5.74) is 0.220. The average molecular weight is 302 g/mol. The summed E-state index contributed by atoms with van der Waals surface area (Å²) >= 11 is 5.85. The maximum Gasteiger partial charge on any atom is 0.158 e. The molecule has 0 amide bonds. The summed E-state index contributed by atoms with van der Waals surface area (Å²) in [6.07, 6.45) is 0. The van der Waals surface area contributed by atoms with Gasteiger partial charge >= 0.3 is 0 Å². The summed E-state index contributed by atoms with van der Waals surface area (Å²) < 4.78 is 28.3. The Balaban J connectivity index is 2.76. The topological polar surface area (TPSA) is 67.2 Å². The number of halogens is 1. The van der Waals surface area contributed by atoms with E-state index in [1.807, 2.05) is 6.07 Å². The number of rotatable bonds is 4. The van der Waals surface area contributed by atoms with Crippen molar-refractivity contribution in [2.45, 2.75) is 25.5 Å². The minimum absolute atomic E-state index is 0.00533. The van der Waals surface area contributed by atoms with E-state index in [4.69, 9.17) is 21.6 Å². The largest absolute Gasteiger partial charge is 0.491 e. The maximum absolute atomic E-state index is 11.9. The van der Waals surface area contributed by atoms with Crippen LogP contribution >= 0.6 is 11.6 Å². The fourth-order valence-electron chi connectivity index (χ4n) is 1.30. The highest BCUT2D eigenvalue weighted by Gasteiger charge is 2.28. The van der Waals surface area contributed by atoms with Gasteiger partial charge in [-0.05, 0) is 32.9 Å². The van der Waals surface area contributed by atoms with Gasteiger partial charge in [-0.1, -0.05) is 17.7 Å². The lowest BCUT2D eigenvalue weighted by molar-refractivity contribution is 0.339. The number of ether oxygens (including phenoxy) is 1. The molecule has 0 aromatic heterocycles. The molecule has 0 unspecified atom stereocenters. The Morgan fingerprint density at radius 1 is 1.37 bits per heavy atom. The molecule has 0 atom stereocenters. The van der Waals surface area contributed by atoms with Gasteiger partial charge in [-0.3, -0.25) is 0 Å². The van der Waals surface area contributed by atoms with Crippen LogP contribution in [-0.2, 0) is 9.84 Å². The van der Waals surface area contributed by atoms with E-state index in [0.717, 1.165) is 0 Å². The lowest BCUT2D eigenvalue weighted by atomic mass is 10.2. The molecule has 19 heavy (non-hydrogen) atoms. The van der Waals surface area contributed by atoms with Gasteiger partial charge in [0.1, 0.15) is 24.0 Å². The van der Waals surface area contributed by atoms with Crippen molar-refractivity contribution in [3.63, 3.8) is 0 Å². The summed E-state index contributed by atoms with van der Waals surface area (Å²) in [7, 11) is -3.24. The minimum Gasteiger partial charge on any atom is -0.491 e. The summed E-state index contributed by atoms with van der Waals surface area (Å²) in [5, 5.41) is 9.25. The smallest absolute Gasteiger partial charge is 0.158 e. The molecule has 0 saturated heterocycles. The summed E-state index contributed by atoms with van der Waals surface area (Å²) in [5.74, 6) is 0.201. The summed E-state index contributed by atoms with van der Waals surface area (Å²) in [6, 6.07) is 6.76. The van der Waals surface area contributed by atoms with Crippen molar-refractivity contribution in [3.05, 3.63) is 28.8 Å². The van der Waals surface area contributed by atoms with E-state index in [-0.39, 0.29) is 17.9 Å². The van der Waals surface area contributed by atoms with Crippen LogP contribution in [0.1, 0.15) is 26.3 Å². The van der Waals surface area contributed by atoms with E-state index in [0.29, 0.717) is 10.8 Å². The van der Waals surface area contributed by atoms with Crippen molar-refractivity contribution in [3.8, 4) is 11.8 Å². The van der Waals surface area contributed by atoms with Crippen molar-refractivity contribution in [2.75, 3.05) is 12.4 Å². The highest BCUT2D eigenvalue weighted by molar-refractivity contribution is 7.92. The predicted octanol–water partition coefficient (Wildman–Crippen LogP) is 2.80. The van der Waals surface area contributed by atoms with Gasteiger partial charge in [-0.25, -0.2) is 8.42 Å². The molecule has 6 heteroatoms. The molecular formula is C13H16ClNO3S. The fourth-order valence-corrected chi connectivity index (χ4v) is 2.42. The lowest BCUT2D eigenvalue weighted by Gasteiger charge is -2.19. The van der Waals surface area contributed by atoms with Crippen LogP contribution in [0.3, 0.4) is 0 Å². The normalized spacial score (nSPS) is 11.9. The van der Waals surface area contributed by atoms with Crippen LogP contribution in [0.25, 0.3) is 0 Å². The van der Waals surface area contributed by atoms with Crippen LogP contribution in [0.2, 0.25) is 5.02 Å². The van der Waals surface area contributed by atoms with Crippen LogP contribution in [0, 0.1) is 11.3 Å². The molecule has 1 aromatic carbocycles. The lowest BCUT2D eigenvalue weighted by Crippen LogP contribution is -2.32. The average Bonchev–Trinajstić information content (AvgIpc) is 2.27. The zero-order chi connectivity index (χ0) is 14.7. The number of nitriles is 1. The second-order valence-corrected chi connectivity index (χ2v) is 8.27. The summed E-state index contributed by atoms with van der Waals surface area (Å²) in [4.78, 5) is 0. The molecule has 0 aliphatic rings. The third-order valence-electron chi connectivity index (χ3n) is 2.63. The van der Waals surface area contributed by atoms with Gasteiger partial charge in [-0.15, -0.1) is 0 Å². The van der Waals surface area contributed by atoms with Crippen LogP contribution < -0.4 is 4.74 Å².